The lowest BCUT2D eigenvalue weighted by Gasteiger charge is -2.09. The highest BCUT2D eigenvalue weighted by Gasteiger charge is 2.07. The molecule has 1 aromatic heterocycles. The second-order valence-corrected chi connectivity index (χ2v) is 8.07. The molecular formula is C18H23N3O4S. The first-order valence-electron chi connectivity index (χ1n) is 8.23. The molecule has 0 radical (unpaired) electrons. The fourth-order valence-electron chi connectivity index (χ4n) is 2.08. The Morgan fingerprint density at radius 2 is 1.85 bits per heavy atom. The molecule has 0 aliphatic rings. The van der Waals surface area contributed by atoms with Crippen LogP contribution in [0.1, 0.15) is 30.6 Å². The Bertz CT molecular complexity index is 832. The van der Waals surface area contributed by atoms with Gasteiger partial charge in [-0.05, 0) is 42.7 Å². The maximum atomic E-state index is 12.0. The van der Waals surface area contributed by atoms with Crippen molar-refractivity contribution in [3.63, 3.8) is 0 Å². The van der Waals surface area contributed by atoms with Crippen LogP contribution in [0.25, 0.3) is 0 Å². The Kier molecular flexibility index (Phi) is 6.57. The van der Waals surface area contributed by atoms with E-state index in [2.05, 4.69) is 28.9 Å². The van der Waals surface area contributed by atoms with Gasteiger partial charge in [0.15, 0.2) is 0 Å². The molecule has 2 N–H and O–H groups in total. The molecular weight excluding hydrogens is 354 g/mol. The zero-order chi connectivity index (χ0) is 19.2. The van der Waals surface area contributed by atoms with Crippen molar-refractivity contribution in [3.8, 4) is 11.6 Å². The summed E-state index contributed by atoms with van der Waals surface area (Å²) in [4.78, 5) is 16.1. The Morgan fingerprint density at radius 3 is 2.38 bits per heavy atom. The number of ether oxygens (including phenoxy) is 1. The predicted molar refractivity (Wildman–Crippen MR) is 101 cm³/mol. The fourth-order valence-corrected chi connectivity index (χ4v) is 2.64. The number of anilines is 1. The van der Waals surface area contributed by atoms with Crippen LogP contribution < -0.4 is 14.8 Å². The number of rotatable bonds is 8. The van der Waals surface area contributed by atoms with Gasteiger partial charge < -0.3 is 10.1 Å². The van der Waals surface area contributed by atoms with Crippen molar-refractivity contribution in [2.75, 3.05) is 17.5 Å². The monoisotopic (exact) mass is 377 g/mol. The number of aromatic nitrogens is 1. The van der Waals surface area contributed by atoms with Gasteiger partial charge in [-0.15, -0.1) is 0 Å². The number of carbonyl (C=O) groups is 1. The third-order valence-electron chi connectivity index (χ3n) is 3.39. The van der Waals surface area contributed by atoms with E-state index in [-0.39, 0.29) is 5.91 Å². The van der Waals surface area contributed by atoms with Gasteiger partial charge in [0.05, 0.1) is 11.8 Å². The van der Waals surface area contributed by atoms with E-state index in [0.29, 0.717) is 35.3 Å². The van der Waals surface area contributed by atoms with E-state index in [1.165, 1.54) is 6.20 Å². The van der Waals surface area contributed by atoms with Crippen molar-refractivity contribution in [1.29, 1.82) is 0 Å². The van der Waals surface area contributed by atoms with Crippen LogP contribution in [0.2, 0.25) is 0 Å². The number of nitrogens with one attached hydrogen (secondary N) is 2. The second-order valence-electron chi connectivity index (χ2n) is 6.32. The van der Waals surface area contributed by atoms with Gasteiger partial charge in [0.2, 0.25) is 15.9 Å². The smallest absolute Gasteiger partial charge is 0.252 e. The minimum Gasteiger partial charge on any atom is -0.439 e. The average molecular weight is 377 g/mol. The summed E-state index contributed by atoms with van der Waals surface area (Å²) < 4.78 is 30.3. The van der Waals surface area contributed by atoms with Crippen LogP contribution in [0, 0.1) is 5.92 Å². The maximum Gasteiger partial charge on any atom is 0.252 e. The lowest BCUT2D eigenvalue weighted by molar-refractivity contribution is 0.0951. The molecule has 2 aromatic rings. The lowest BCUT2D eigenvalue weighted by Crippen LogP contribution is -2.25. The number of pyridine rings is 1. The Labute approximate surface area is 153 Å². The van der Waals surface area contributed by atoms with Crippen LogP contribution in [0.4, 0.5) is 5.69 Å². The first-order chi connectivity index (χ1) is 12.2. The van der Waals surface area contributed by atoms with Crippen LogP contribution in [0.3, 0.4) is 0 Å². The van der Waals surface area contributed by atoms with E-state index >= 15 is 0 Å². The SMILES string of the molecule is CC(C)CCNC(=O)c1ccc(Oc2ccc(NS(C)(=O)=O)cc2)nc1. The number of hydrogen-bond donors (Lipinski definition) is 2. The van der Waals surface area contributed by atoms with Crippen molar-refractivity contribution in [1.82, 2.24) is 10.3 Å². The predicted octanol–water partition coefficient (Wildman–Crippen LogP) is 3.02. The topological polar surface area (TPSA) is 97.4 Å². The summed E-state index contributed by atoms with van der Waals surface area (Å²) in [5, 5.41) is 2.85. The molecule has 0 aliphatic heterocycles. The summed E-state index contributed by atoms with van der Waals surface area (Å²) in [5.74, 6) is 1.21. The van der Waals surface area contributed by atoms with Crippen LogP contribution in [-0.4, -0.2) is 32.1 Å². The molecule has 0 unspecified atom stereocenters. The normalized spacial score (nSPS) is 11.2. The highest BCUT2D eigenvalue weighted by molar-refractivity contribution is 7.92. The number of benzene rings is 1. The van der Waals surface area contributed by atoms with Crippen LogP contribution in [0.15, 0.2) is 42.6 Å². The van der Waals surface area contributed by atoms with Gasteiger partial charge in [-0.25, -0.2) is 13.4 Å². The molecule has 140 valence electrons. The number of amides is 1. The van der Waals surface area contributed by atoms with Gasteiger partial charge in [0, 0.05) is 24.5 Å². The zero-order valence-corrected chi connectivity index (χ0v) is 15.8. The third-order valence-corrected chi connectivity index (χ3v) is 3.99. The molecule has 0 saturated heterocycles. The number of hydrogen-bond acceptors (Lipinski definition) is 5. The minimum absolute atomic E-state index is 0.166. The van der Waals surface area contributed by atoms with E-state index in [4.69, 9.17) is 4.74 Å². The minimum atomic E-state index is -3.31. The van der Waals surface area contributed by atoms with Gasteiger partial charge in [-0.2, -0.15) is 0 Å². The molecule has 1 heterocycles. The van der Waals surface area contributed by atoms with E-state index in [9.17, 15) is 13.2 Å². The van der Waals surface area contributed by atoms with Crippen molar-refractivity contribution in [3.05, 3.63) is 48.2 Å². The van der Waals surface area contributed by atoms with E-state index in [1.807, 2.05) is 0 Å². The van der Waals surface area contributed by atoms with Gasteiger partial charge in [-0.3, -0.25) is 9.52 Å². The van der Waals surface area contributed by atoms with E-state index in [1.54, 1.807) is 36.4 Å². The molecule has 1 amide bonds. The number of nitrogens with zero attached hydrogens (tertiary/aromatic N) is 1. The van der Waals surface area contributed by atoms with Crippen LogP contribution >= 0.6 is 0 Å². The summed E-state index contributed by atoms with van der Waals surface area (Å²) >= 11 is 0. The number of sulfonamides is 1. The van der Waals surface area contributed by atoms with E-state index in [0.717, 1.165) is 12.7 Å². The van der Waals surface area contributed by atoms with Crippen molar-refractivity contribution < 1.29 is 17.9 Å². The molecule has 1 aromatic carbocycles. The molecule has 0 bridgehead atoms. The van der Waals surface area contributed by atoms with Gasteiger partial charge in [0.25, 0.3) is 5.91 Å². The standard InChI is InChI=1S/C18H23N3O4S/c1-13(2)10-11-19-18(22)14-4-9-17(20-12-14)25-16-7-5-15(6-8-16)21-26(3,23)24/h4-9,12-13,21H,10-11H2,1-3H3,(H,19,22). The Morgan fingerprint density at radius 1 is 1.15 bits per heavy atom. The Hall–Kier alpha value is -2.61. The van der Waals surface area contributed by atoms with Crippen LogP contribution in [-0.2, 0) is 10.0 Å². The molecule has 0 fully saturated rings. The number of carbonyl (C=O) groups excluding carboxylic acids is 1. The highest BCUT2D eigenvalue weighted by atomic mass is 32.2. The maximum absolute atomic E-state index is 12.0. The fraction of sp³-hybridized carbons (Fsp3) is 0.333. The summed E-state index contributed by atoms with van der Waals surface area (Å²) in [7, 11) is -3.31. The molecule has 26 heavy (non-hydrogen) atoms. The van der Waals surface area contributed by atoms with Gasteiger partial charge in [-0.1, -0.05) is 13.8 Å². The molecule has 2 rings (SSSR count). The molecule has 7 nitrogen and oxygen atoms in total. The average Bonchev–Trinajstić information content (AvgIpc) is 2.55. The zero-order valence-electron chi connectivity index (χ0n) is 15.0. The van der Waals surface area contributed by atoms with Crippen molar-refractivity contribution >= 4 is 21.6 Å². The summed E-state index contributed by atoms with van der Waals surface area (Å²) in [6.45, 7) is 4.83. The molecule has 0 saturated carbocycles. The van der Waals surface area contributed by atoms with Gasteiger partial charge in [0.1, 0.15) is 5.75 Å². The quantitative estimate of drug-likeness (QED) is 0.737. The third kappa shape index (κ3) is 6.72. The summed E-state index contributed by atoms with van der Waals surface area (Å²) in [6.07, 6.45) is 3.46. The van der Waals surface area contributed by atoms with Crippen molar-refractivity contribution in [2.24, 2.45) is 5.92 Å². The molecule has 0 spiro atoms. The first kappa shape index (κ1) is 19.7. The van der Waals surface area contributed by atoms with Crippen molar-refractivity contribution in [2.45, 2.75) is 20.3 Å². The largest absolute Gasteiger partial charge is 0.439 e. The first-order valence-corrected chi connectivity index (χ1v) is 10.1. The van der Waals surface area contributed by atoms with E-state index < -0.39 is 10.0 Å². The summed E-state index contributed by atoms with van der Waals surface area (Å²) in [6, 6.07) is 9.69. The lowest BCUT2D eigenvalue weighted by atomic mass is 10.1. The molecule has 0 atom stereocenters. The Balaban J connectivity index is 1.93. The molecule has 8 heteroatoms. The summed E-state index contributed by atoms with van der Waals surface area (Å²) in [5.41, 5.74) is 0.912. The highest BCUT2D eigenvalue weighted by Crippen LogP contribution is 2.22. The van der Waals surface area contributed by atoms with Crippen LogP contribution in [0.5, 0.6) is 11.6 Å². The second kappa shape index (κ2) is 8.66. The van der Waals surface area contributed by atoms with Gasteiger partial charge >= 0.3 is 0 Å². The molecule has 0 aliphatic carbocycles.